The van der Waals surface area contributed by atoms with Gasteiger partial charge in [-0.05, 0) is 18.2 Å². The molecule has 0 aliphatic rings. The maximum absolute atomic E-state index is 5.59. The molecule has 80 valence electrons. The van der Waals surface area contributed by atoms with Crippen LogP contribution in [0.2, 0.25) is 0 Å². The van der Waals surface area contributed by atoms with Crippen LogP contribution in [0.3, 0.4) is 0 Å². The van der Waals surface area contributed by atoms with Crippen LogP contribution in [0, 0.1) is 0 Å². The molecule has 15 heavy (non-hydrogen) atoms. The standard InChI is InChI=1S/C12H15NO2/c1-4-9(8-13)11-7-10(14-2)5-6-12(11)15-3/h5-7H,1,8,13H2,2-3H3. The number of ether oxygens (including phenoxy) is 2. The van der Waals surface area contributed by atoms with Gasteiger partial charge in [0.2, 0.25) is 0 Å². The predicted octanol–water partition coefficient (Wildman–Crippen LogP) is 1.83. The van der Waals surface area contributed by atoms with Gasteiger partial charge in [-0.1, -0.05) is 6.58 Å². The summed E-state index contributed by atoms with van der Waals surface area (Å²) in [6.45, 7) is 3.97. The van der Waals surface area contributed by atoms with E-state index >= 15 is 0 Å². The summed E-state index contributed by atoms with van der Waals surface area (Å²) in [7, 11) is 3.23. The highest BCUT2D eigenvalue weighted by Crippen LogP contribution is 2.28. The first-order chi connectivity index (χ1) is 7.26. The monoisotopic (exact) mass is 205 g/mol. The molecule has 0 unspecified atom stereocenters. The van der Waals surface area contributed by atoms with E-state index in [1.807, 2.05) is 18.2 Å². The van der Waals surface area contributed by atoms with Crippen molar-refractivity contribution >= 4 is 5.57 Å². The van der Waals surface area contributed by atoms with Gasteiger partial charge in [0.25, 0.3) is 0 Å². The number of rotatable bonds is 4. The van der Waals surface area contributed by atoms with Gasteiger partial charge in [-0.25, -0.2) is 0 Å². The van der Waals surface area contributed by atoms with Crippen molar-refractivity contribution in [2.75, 3.05) is 20.8 Å². The van der Waals surface area contributed by atoms with E-state index in [1.54, 1.807) is 14.2 Å². The molecule has 0 atom stereocenters. The molecule has 0 heterocycles. The fraction of sp³-hybridized carbons (Fsp3) is 0.250. The first-order valence-electron chi connectivity index (χ1n) is 4.58. The minimum absolute atomic E-state index is 0.368. The second kappa shape index (κ2) is 5.25. The zero-order valence-electron chi connectivity index (χ0n) is 9.04. The van der Waals surface area contributed by atoms with Gasteiger partial charge in [0.05, 0.1) is 14.2 Å². The van der Waals surface area contributed by atoms with Crippen molar-refractivity contribution in [1.82, 2.24) is 0 Å². The van der Waals surface area contributed by atoms with Crippen molar-refractivity contribution in [2.45, 2.75) is 0 Å². The van der Waals surface area contributed by atoms with E-state index in [2.05, 4.69) is 12.3 Å². The molecule has 0 amide bonds. The fourth-order valence-electron chi connectivity index (χ4n) is 1.33. The molecule has 1 aromatic carbocycles. The van der Waals surface area contributed by atoms with Gasteiger partial charge in [0, 0.05) is 17.7 Å². The van der Waals surface area contributed by atoms with Crippen LogP contribution in [0.25, 0.3) is 5.57 Å². The van der Waals surface area contributed by atoms with Gasteiger partial charge in [0.1, 0.15) is 11.5 Å². The van der Waals surface area contributed by atoms with Gasteiger partial charge in [0.15, 0.2) is 0 Å². The van der Waals surface area contributed by atoms with Crippen LogP contribution in [-0.2, 0) is 0 Å². The molecular weight excluding hydrogens is 190 g/mol. The lowest BCUT2D eigenvalue weighted by molar-refractivity contribution is 0.402. The van der Waals surface area contributed by atoms with Crippen LogP contribution in [0.4, 0.5) is 0 Å². The van der Waals surface area contributed by atoms with Crippen molar-refractivity contribution in [1.29, 1.82) is 0 Å². The van der Waals surface area contributed by atoms with Crippen molar-refractivity contribution in [3.8, 4) is 11.5 Å². The fourth-order valence-corrected chi connectivity index (χ4v) is 1.33. The Morgan fingerprint density at radius 1 is 1.40 bits per heavy atom. The third-order valence-electron chi connectivity index (χ3n) is 2.15. The van der Waals surface area contributed by atoms with Crippen molar-refractivity contribution in [3.05, 3.63) is 36.1 Å². The highest BCUT2D eigenvalue weighted by molar-refractivity contribution is 5.72. The lowest BCUT2D eigenvalue weighted by Crippen LogP contribution is -2.03. The Morgan fingerprint density at radius 3 is 2.60 bits per heavy atom. The van der Waals surface area contributed by atoms with E-state index in [0.29, 0.717) is 6.54 Å². The molecule has 0 radical (unpaired) electrons. The lowest BCUT2D eigenvalue weighted by Gasteiger charge is -2.10. The smallest absolute Gasteiger partial charge is 0.127 e. The third-order valence-corrected chi connectivity index (χ3v) is 2.15. The van der Waals surface area contributed by atoms with Crippen molar-refractivity contribution < 1.29 is 9.47 Å². The van der Waals surface area contributed by atoms with Gasteiger partial charge >= 0.3 is 0 Å². The maximum Gasteiger partial charge on any atom is 0.127 e. The van der Waals surface area contributed by atoms with E-state index in [-0.39, 0.29) is 0 Å². The minimum atomic E-state index is 0.368. The highest BCUT2D eigenvalue weighted by atomic mass is 16.5. The maximum atomic E-state index is 5.59. The summed E-state index contributed by atoms with van der Waals surface area (Å²) in [5, 5.41) is 0. The second-order valence-corrected chi connectivity index (χ2v) is 2.93. The zero-order valence-corrected chi connectivity index (χ0v) is 9.04. The third kappa shape index (κ3) is 2.40. The van der Waals surface area contributed by atoms with Crippen molar-refractivity contribution in [2.24, 2.45) is 5.73 Å². The van der Waals surface area contributed by atoms with E-state index in [1.165, 1.54) is 0 Å². The average Bonchev–Trinajstić information content (AvgIpc) is 2.30. The Kier molecular flexibility index (Phi) is 3.98. The molecule has 0 saturated heterocycles. The predicted molar refractivity (Wildman–Crippen MR) is 61.1 cm³/mol. The summed E-state index contributed by atoms with van der Waals surface area (Å²) in [5.74, 6) is 1.50. The van der Waals surface area contributed by atoms with Crippen LogP contribution in [0.15, 0.2) is 30.5 Å². The Hall–Kier alpha value is -1.70. The normalized spacial score (nSPS) is 9.27. The number of benzene rings is 1. The molecule has 0 aliphatic heterocycles. The quantitative estimate of drug-likeness (QED) is 0.763. The zero-order chi connectivity index (χ0) is 11.3. The Labute approximate surface area is 89.8 Å². The Bertz CT molecular complexity index is 393. The van der Waals surface area contributed by atoms with Gasteiger partial charge in [-0.3, -0.25) is 0 Å². The highest BCUT2D eigenvalue weighted by Gasteiger charge is 2.08. The summed E-state index contributed by atoms with van der Waals surface area (Å²) in [5.41, 5.74) is 10.1. The van der Waals surface area contributed by atoms with Gasteiger partial charge in [-0.15, -0.1) is 5.73 Å². The molecule has 3 nitrogen and oxygen atoms in total. The molecular formula is C12H15NO2. The summed E-state index contributed by atoms with van der Waals surface area (Å²) in [6.07, 6.45) is 0. The topological polar surface area (TPSA) is 44.5 Å². The molecule has 1 aromatic rings. The minimum Gasteiger partial charge on any atom is -0.497 e. The van der Waals surface area contributed by atoms with Crippen LogP contribution in [0.5, 0.6) is 11.5 Å². The number of nitrogens with two attached hydrogens (primary N) is 1. The first kappa shape index (κ1) is 11.4. The molecule has 1 rings (SSSR count). The largest absolute Gasteiger partial charge is 0.497 e. The summed E-state index contributed by atoms with van der Waals surface area (Å²) in [6, 6.07) is 5.53. The number of methoxy groups -OCH3 is 2. The molecule has 2 N–H and O–H groups in total. The van der Waals surface area contributed by atoms with E-state index in [0.717, 1.165) is 22.6 Å². The molecule has 0 fully saturated rings. The summed E-state index contributed by atoms with van der Waals surface area (Å²) >= 11 is 0. The first-order valence-corrected chi connectivity index (χ1v) is 4.58. The SMILES string of the molecule is C=C=C(CN)c1cc(OC)ccc1OC. The Morgan fingerprint density at radius 2 is 2.13 bits per heavy atom. The van der Waals surface area contributed by atoms with E-state index in [9.17, 15) is 0 Å². The molecule has 0 saturated carbocycles. The molecule has 0 spiro atoms. The second-order valence-electron chi connectivity index (χ2n) is 2.93. The van der Waals surface area contributed by atoms with Crippen LogP contribution >= 0.6 is 0 Å². The van der Waals surface area contributed by atoms with Gasteiger partial charge in [-0.2, -0.15) is 0 Å². The summed E-state index contributed by atoms with van der Waals surface area (Å²) in [4.78, 5) is 0. The van der Waals surface area contributed by atoms with Crippen LogP contribution in [0.1, 0.15) is 5.56 Å². The molecule has 0 bridgehead atoms. The number of hydrogen-bond acceptors (Lipinski definition) is 3. The van der Waals surface area contributed by atoms with Gasteiger partial charge < -0.3 is 15.2 Å². The lowest BCUT2D eigenvalue weighted by atomic mass is 10.1. The van der Waals surface area contributed by atoms with Crippen LogP contribution in [-0.4, -0.2) is 20.8 Å². The molecule has 0 aliphatic carbocycles. The summed E-state index contributed by atoms with van der Waals surface area (Å²) < 4.78 is 10.4. The van der Waals surface area contributed by atoms with E-state index in [4.69, 9.17) is 15.2 Å². The van der Waals surface area contributed by atoms with E-state index < -0.39 is 0 Å². The number of hydrogen-bond donors (Lipinski definition) is 1. The average molecular weight is 205 g/mol. The molecule has 0 aromatic heterocycles. The Balaban J connectivity index is 3.28. The molecule has 3 heteroatoms. The van der Waals surface area contributed by atoms with Crippen LogP contribution < -0.4 is 15.2 Å². The van der Waals surface area contributed by atoms with Crippen molar-refractivity contribution in [3.63, 3.8) is 0 Å².